The van der Waals surface area contributed by atoms with E-state index in [1.807, 2.05) is 19.1 Å². The second-order valence-electron chi connectivity index (χ2n) is 5.20. The lowest BCUT2D eigenvalue weighted by Crippen LogP contribution is -2.17. The van der Waals surface area contributed by atoms with Gasteiger partial charge in [0.1, 0.15) is 11.3 Å². The van der Waals surface area contributed by atoms with Crippen molar-refractivity contribution in [2.75, 3.05) is 7.11 Å². The standard InChI is InChI=1S/C16H17N3O4S/c1-3-6-19-15(21)17-18-16(19)24-9-10-7-14(20)23-13-8-11(22-2)4-5-12(10)13/h4-5,7-8H,3,6,9H2,1-2H3,(H,17,21). The number of ether oxygens (including phenoxy) is 1. The van der Waals surface area contributed by atoms with E-state index in [1.54, 1.807) is 17.7 Å². The number of fused-ring (bicyclic) bond motifs is 1. The average molecular weight is 347 g/mol. The zero-order valence-corrected chi connectivity index (χ0v) is 14.2. The van der Waals surface area contributed by atoms with E-state index in [4.69, 9.17) is 9.15 Å². The molecule has 1 aromatic carbocycles. The van der Waals surface area contributed by atoms with Gasteiger partial charge >= 0.3 is 11.3 Å². The van der Waals surface area contributed by atoms with Crippen LogP contribution in [0, 0.1) is 0 Å². The van der Waals surface area contributed by atoms with Gasteiger partial charge in [-0.1, -0.05) is 18.7 Å². The molecule has 126 valence electrons. The molecular weight excluding hydrogens is 330 g/mol. The van der Waals surface area contributed by atoms with Gasteiger partial charge in [0, 0.05) is 29.8 Å². The largest absolute Gasteiger partial charge is 0.497 e. The lowest BCUT2D eigenvalue weighted by atomic mass is 10.1. The highest BCUT2D eigenvalue weighted by atomic mass is 32.2. The van der Waals surface area contributed by atoms with Crippen molar-refractivity contribution in [2.24, 2.45) is 0 Å². The Balaban J connectivity index is 1.93. The molecule has 0 saturated carbocycles. The highest BCUT2D eigenvalue weighted by Crippen LogP contribution is 2.27. The maximum absolute atomic E-state index is 11.8. The molecule has 0 saturated heterocycles. The summed E-state index contributed by atoms with van der Waals surface area (Å²) in [5.74, 6) is 1.13. The van der Waals surface area contributed by atoms with Crippen molar-refractivity contribution in [3.63, 3.8) is 0 Å². The van der Waals surface area contributed by atoms with Gasteiger partial charge in [0.25, 0.3) is 0 Å². The van der Waals surface area contributed by atoms with E-state index in [1.165, 1.54) is 17.8 Å². The smallest absolute Gasteiger partial charge is 0.343 e. The Kier molecular flexibility index (Phi) is 4.75. The van der Waals surface area contributed by atoms with E-state index in [-0.39, 0.29) is 5.69 Å². The van der Waals surface area contributed by atoms with Crippen molar-refractivity contribution in [1.29, 1.82) is 0 Å². The highest BCUT2D eigenvalue weighted by Gasteiger charge is 2.11. The first-order valence-electron chi connectivity index (χ1n) is 7.51. The molecular formula is C16H17N3O4S. The number of nitrogens with one attached hydrogen (secondary N) is 1. The molecule has 3 rings (SSSR count). The fourth-order valence-corrected chi connectivity index (χ4v) is 3.40. The van der Waals surface area contributed by atoms with Crippen LogP contribution >= 0.6 is 11.8 Å². The molecule has 0 aliphatic heterocycles. The van der Waals surface area contributed by atoms with E-state index in [0.717, 1.165) is 17.4 Å². The number of thioether (sulfide) groups is 1. The maximum atomic E-state index is 11.8. The van der Waals surface area contributed by atoms with Crippen molar-refractivity contribution in [1.82, 2.24) is 14.8 Å². The minimum Gasteiger partial charge on any atom is -0.497 e. The predicted molar refractivity (Wildman–Crippen MR) is 91.7 cm³/mol. The van der Waals surface area contributed by atoms with E-state index in [9.17, 15) is 9.59 Å². The van der Waals surface area contributed by atoms with Crippen LogP contribution in [-0.4, -0.2) is 21.9 Å². The fraction of sp³-hybridized carbons (Fsp3) is 0.312. The zero-order chi connectivity index (χ0) is 17.1. The van der Waals surface area contributed by atoms with Gasteiger partial charge < -0.3 is 9.15 Å². The first-order chi connectivity index (χ1) is 11.6. The average Bonchev–Trinajstić information content (AvgIpc) is 2.92. The second kappa shape index (κ2) is 6.96. The Hall–Kier alpha value is -2.48. The van der Waals surface area contributed by atoms with Gasteiger partial charge in [-0.2, -0.15) is 0 Å². The van der Waals surface area contributed by atoms with E-state index >= 15 is 0 Å². The van der Waals surface area contributed by atoms with Crippen LogP contribution < -0.4 is 16.1 Å². The predicted octanol–water partition coefficient (Wildman–Crippen LogP) is 2.39. The third-order valence-corrected chi connectivity index (χ3v) is 4.59. The molecule has 0 spiro atoms. The Morgan fingerprint density at radius 3 is 2.92 bits per heavy atom. The summed E-state index contributed by atoms with van der Waals surface area (Å²) in [4.78, 5) is 23.5. The number of aromatic nitrogens is 3. The number of rotatable bonds is 6. The minimum absolute atomic E-state index is 0.221. The Bertz CT molecular complexity index is 973. The number of aromatic amines is 1. The monoisotopic (exact) mass is 347 g/mol. The number of hydrogen-bond donors (Lipinski definition) is 1. The SMILES string of the molecule is CCCn1c(SCc2cc(=O)oc3cc(OC)ccc23)n[nH]c1=O. The normalized spacial score (nSPS) is 11.1. The molecule has 8 heteroatoms. The van der Waals surface area contributed by atoms with Crippen LogP contribution in [0.25, 0.3) is 11.0 Å². The Labute approximate surface area is 141 Å². The first kappa shape index (κ1) is 16.4. The van der Waals surface area contributed by atoms with Crippen LogP contribution in [0.5, 0.6) is 5.75 Å². The molecule has 0 radical (unpaired) electrons. The van der Waals surface area contributed by atoms with Gasteiger partial charge in [0.15, 0.2) is 5.16 Å². The second-order valence-corrected chi connectivity index (χ2v) is 6.15. The minimum atomic E-state index is -0.417. The van der Waals surface area contributed by atoms with Crippen LogP contribution in [-0.2, 0) is 12.3 Å². The van der Waals surface area contributed by atoms with Gasteiger partial charge in [-0.3, -0.25) is 4.57 Å². The van der Waals surface area contributed by atoms with Crippen LogP contribution in [0.15, 0.2) is 43.4 Å². The molecule has 2 heterocycles. The Morgan fingerprint density at radius 2 is 2.17 bits per heavy atom. The first-order valence-corrected chi connectivity index (χ1v) is 8.49. The third-order valence-electron chi connectivity index (χ3n) is 3.56. The molecule has 0 fully saturated rings. The number of benzene rings is 1. The number of methoxy groups -OCH3 is 1. The number of nitrogens with zero attached hydrogens (tertiary/aromatic N) is 2. The van der Waals surface area contributed by atoms with Gasteiger partial charge in [-0.25, -0.2) is 14.7 Å². The maximum Gasteiger partial charge on any atom is 0.343 e. The number of hydrogen-bond acceptors (Lipinski definition) is 6. The molecule has 2 aromatic heterocycles. The summed E-state index contributed by atoms with van der Waals surface area (Å²) in [5, 5.41) is 7.95. The number of H-pyrrole nitrogens is 1. The fourth-order valence-electron chi connectivity index (χ4n) is 2.43. The molecule has 0 bridgehead atoms. The molecule has 7 nitrogen and oxygen atoms in total. The van der Waals surface area contributed by atoms with Crippen LogP contribution in [0.2, 0.25) is 0 Å². The molecule has 0 aliphatic carbocycles. The third kappa shape index (κ3) is 3.23. The summed E-state index contributed by atoms with van der Waals surface area (Å²) in [6.07, 6.45) is 0.838. The van der Waals surface area contributed by atoms with Crippen molar-refractivity contribution >= 4 is 22.7 Å². The summed E-state index contributed by atoms with van der Waals surface area (Å²) in [7, 11) is 1.56. The molecule has 0 amide bonds. The highest BCUT2D eigenvalue weighted by molar-refractivity contribution is 7.98. The quantitative estimate of drug-likeness (QED) is 0.544. The topological polar surface area (TPSA) is 90.1 Å². The molecule has 3 aromatic rings. The summed E-state index contributed by atoms with van der Waals surface area (Å²) in [6, 6.07) is 6.83. The lowest BCUT2D eigenvalue weighted by Gasteiger charge is -2.07. The van der Waals surface area contributed by atoms with Crippen molar-refractivity contribution in [3.8, 4) is 5.75 Å². The zero-order valence-electron chi connectivity index (χ0n) is 13.4. The van der Waals surface area contributed by atoms with Gasteiger partial charge in [-0.05, 0) is 24.1 Å². The van der Waals surface area contributed by atoms with Gasteiger partial charge in [-0.15, -0.1) is 5.10 Å². The van der Waals surface area contributed by atoms with Crippen LogP contribution in [0.1, 0.15) is 18.9 Å². The molecule has 0 atom stereocenters. The summed E-state index contributed by atoms with van der Waals surface area (Å²) >= 11 is 1.40. The van der Waals surface area contributed by atoms with Gasteiger partial charge in [0.2, 0.25) is 0 Å². The molecule has 1 N–H and O–H groups in total. The van der Waals surface area contributed by atoms with Crippen molar-refractivity contribution in [2.45, 2.75) is 30.8 Å². The Morgan fingerprint density at radius 1 is 1.33 bits per heavy atom. The molecule has 0 aliphatic rings. The van der Waals surface area contributed by atoms with E-state index in [2.05, 4.69) is 10.2 Å². The summed E-state index contributed by atoms with van der Waals surface area (Å²) < 4.78 is 12.0. The van der Waals surface area contributed by atoms with Crippen molar-refractivity contribution in [3.05, 3.63) is 50.7 Å². The molecule has 24 heavy (non-hydrogen) atoms. The van der Waals surface area contributed by atoms with Crippen LogP contribution in [0.3, 0.4) is 0 Å². The van der Waals surface area contributed by atoms with Crippen LogP contribution in [0.4, 0.5) is 0 Å². The van der Waals surface area contributed by atoms with Gasteiger partial charge in [0.05, 0.1) is 7.11 Å². The van der Waals surface area contributed by atoms with E-state index in [0.29, 0.717) is 28.8 Å². The summed E-state index contributed by atoms with van der Waals surface area (Å²) in [5.41, 5.74) is 0.665. The lowest BCUT2D eigenvalue weighted by molar-refractivity contribution is 0.414. The summed E-state index contributed by atoms with van der Waals surface area (Å²) in [6.45, 7) is 2.60. The molecule has 0 unspecified atom stereocenters. The van der Waals surface area contributed by atoms with Crippen molar-refractivity contribution < 1.29 is 9.15 Å². The van der Waals surface area contributed by atoms with E-state index < -0.39 is 5.63 Å².